The molecule has 116 valence electrons. The number of amides is 1. The van der Waals surface area contributed by atoms with Crippen LogP contribution in [0, 0.1) is 0 Å². The normalized spacial score (nSPS) is 21.2. The zero-order valence-corrected chi connectivity index (χ0v) is 13.2. The van der Waals surface area contributed by atoms with E-state index in [0.29, 0.717) is 6.54 Å². The van der Waals surface area contributed by atoms with E-state index in [2.05, 4.69) is 41.6 Å². The maximum atomic E-state index is 12.5. The van der Waals surface area contributed by atoms with Crippen LogP contribution in [0.2, 0.25) is 0 Å². The van der Waals surface area contributed by atoms with Crippen LogP contribution in [0.1, 0.15) is 32.6 Å². The molecule has 1 atom stereocenters. The largest absolute Gasteiger partial charge is 0.373 e. The van der Waals surface area contributed by atoms with Gasteiger partial charge in [-0.05, 0) is 37.9 Å². The van der Waals surface area contributed by atoms with E-state index in [-0.39, 0.29) is 11.4 Å². The predicted octanol–water partition coefficient (Wildman–Crippen LogP) is 2.16. The monoisotopic (exact) mass is 289 g/mol. The topological polar surface area (TPSA) is 44.4 Å². The SMILES string of the molecule is CCCC1(C(=O)NCCN(C)c2ccccc2)CCCN1. The maximum absolute atomic E-state index is 12.5. The van der Waals surface area contributed by atoms with Gasteiger partial charge >= 0.3 is 0 Å². The van der Waals surface area contributed by atoms with Crippen LogP contribution in [0.15, 0.2) is 30.3 Å². The minimum Gasteiger partial charge on any atom is -0.373 e. The molecule has 0 spiro atoms. The van der Waals surface area contributed by atoms with E-state index in [0.717, 1.165) is 38.8 Å². The Bertz CT molecular complexity index is 441. The van der Waals surface area contributed by atoms with Crippen molar-refractivity contribution in [1.29, 1.82) is 0 Å². The highest BCUT2D eigenvalue weighted by Crippen LogP contribution is 2.24. The highest BCUT2D eigenvalue weighted by atomic mass is 16.2. The number of carbonyl (C=O) groups excluding carboxylic acids is 1. The summed E-state index contributed by atoms with van der Waals surface area (Å²) in [5.74, 6) is 0.170. The van der Waals surface area contributed by atoms with Crippen LogP contribution < -0.4 is 15.5 Å². The third-order valence-corrected chi connectivity index (χ3v) is 4.28. The molecule has 0 bridgehead atoms. The van der Waals surface area contributed by atoms with Crippen LogP contribution in [0.5, 0.6) is 0 Å². The van der Waals surface area contributed by atoms with Gasteiger partial charge in [-0.3, -0.25) is 4.79 Å². The maximum Gasteiger partial charge on any atom is 0.240 e. The molecule has 2 rings (SSSR count). The van der Waals surface area contributed by atoms with Gasteiger partial charge in [-0.2, -0.15) is 0 Å². The molecule has 1 saturated heterocycles. The lowest BCUT2D eigenvalue weighted by molar-refractivity contribution is -0.127. The van der Waals surface area contributed by atoms with Gasteiger partial charge < -0.3 is 15.5 Å². The van der Waals surface area contributed by atoms with Crippen LogP contribution in [-0.2, 0) is 4.79 Å². The zero-order chi connectivity index (χ0) is 15.1. The molecule has 1 aromatic rings. The first-order valence-corrected chi connectivity index (χ1v) is 7.97. The van der Waals surface area contributed by atoms with Gasteiger partial charge in [-0.1, -0.05) is 31.5 Å². The number of carbonyl (C=O) groups is 1. The second kappa shape index (κ2) is 7.46. The van der Waals surface area contributed by atoms with Crippen LogP contribution in [0.4, 0.5) is 5.69 Å². The van der Waals surface area contributed by atoms with Crippen molar-refractivity contribution in [2.45, 2.75) is 38.1 Å². The third-order valence-electron chi connectivity index (χ3n) is 4.28. The quantitative estimate of drug-likeness (QED) is 0.808. The summed E-state index contributed by atoms with van der Waals surface area (Å²) in [6, 6.07) is 10.2. The summed E-state index contributed by atoms with van der Waals surface area (Å²) in [6.07, 6.45) is 4.01. The van der Waals surface area contributed by atoms with Crippen molar-refractivity contribution >= 4 is 11.6 Å². The summed E-state index contributed by atoms with van der Waals surface area (Å²) in [5.41, 5.74) is 0.856. The van der Waals surface area contributed by atoms with E-state index in [4.69, 9.17) is 0 Å². The molecule has 1 aliphatic rings. The standard InChI is InChI=1S/C17H27N3O/c1-3-10-17(11-7-12-19-17)16(21)18-13-14-20(2)15-8-5-4-6-9-15/h4-6,8-9,19H,3,7,10-14H2,1-2H3,(H,18,21). The van der Waals surface area contributed by atoms with Crippen LogP contribution >= 0.6 is 0 Å². The first kappa shape index (κ1) is 15.8. The van der Waals surface area contributed by atoms with Crippen molar-refractivity contribution in [3.8, 4) is 0 Å². The number of nitrogens with zero attached hydrogens (tertiary/aromatic N) is 1. The highest BCUT2D eigenvalue weighted by Gasteiger charge is 2.39. The van der Waals surface area contributed by atoms with Gasteiger partial charge in [-0.25, -0.2) is 0 Å². The Labute approximate surface area is 127 Å². The van der Waals surface area contributed by atoms with E-state index in [1.165, 1.54) is 5.69 Å². The van der Waals surface area contributed by atoms with Crippen LogP contribution in [0.3, 0.4) is 0 Å². The zero-order valence-electron chi connectivity index (χ0n) is 13.2. The van der Waals surface area contributed by atoms with E-state index >= 15 is 0 Å². The van der Waals surface area contributed by atoms with Crippen molar-refractivity contribution in [2.24, 2.45) is 0 Å². The Morgan fingerprint density at radius 3 is 2.76 bits per heavy atom. The Kier molecular flexibility index (Phi) is 5.62. The summed E-state index contributed by atoms with van der Waals surface area (Å²) in [4.78, 5) is 14.6. The molecule has 2 N–H and O–H groups in total. The smallest absolute Gasteiger partial charge is 0.240 e. The lowest BCUT2D eigenvalue weighted by Crippen LogP contribution is -2.54. The Balaban J connectivity index is 1.81. The number of hydrogen-bond donors (Lipinski definition) is 2. The van der Waals surface area contributed by atoms with Crippen molar-refractivity contribution in [2.75, 3.05) is 31.6 Å². The summed E-state index contributed by atoms with van der Waals surface area (Å²) >= 11 is 0. The Morgan fingerprint density at radius 2 is 2.14 bits per heavy atom. The molecule has 1 aliphatic heterocycles. The molecule has 4 nitrogen and oxygen atoms in total. The average Bonchev–Trinajstić information content (AvgIpc) is 2.98. The molecule has 1 unspecified atom stereocenters. The second-order valence-corrected chi connectivity index (χ2v) is 5.88. The van der Waals surface area contributed by atoms with Gasteiger partial charge in [0, 0.05) is 25.8 Å². The molecular formula is C17H27N3O. The van der Waals surface area contributed by atoms with Gasteiger partial charge in [0.2, 0.25) is 5.91 Å². The van der Waals surface area contributed by atoms with Gasteiger partial charge in [-0.15, -0.1) is 0 Å². The number of nitrogens with one attached hydrogen (secondary N) is 2. The first-order valence-electron chi connectivity index (χ1n) is 7.97. The highest BCUT2D eigenvalue weighted by molar-refractivity contribution is 5.86. The number of likely N-dealkylation sites (N-methyl/N-ethyl adjacent to an activating group) is 1. The molecule has 1 aromatic carbocycles. The summed E-state index contributed by atoms with van der Waals surface area (Å²) in [6.45, 7) is 4.59. The third kappa shape index (κ3) is 3.97. The first-order chi connectivity index (χ1) is 10.2. The Morgan fingerprint density at radius 1 is 1.38 bits per heavy atom. The van der Waals surface area contributed by atoms with Crippen molar-refractivity contribution in [1.82, 2.24) is 10.6 Å². The van der Waals surface area contributed by atoms with Gasteiger partial charge in [0.25, 0.3) is 0 Å². The molecule has 21 heavy (non-hydrogen) atoms. The van der Waals surface area contributed by atoms with Gasteiger partial charge in [0.15, 0.2) is 0 Å². The number of benzene rings is 1. The van der Waals surface area contributed by atoms with Gasteiger partial charge in [0.05, 0.1) is 5.54 Å². The van der Waals surface area contributed by atoms with E-state index < -0.39 is 0 Å². The van der Waals surface area contributed by atoms with Crippen molar-refractivity contribution < 1.29 is 4.79 Å². The summed E-state index contributed by atoms with van der Waals surface area (Å²) < 4.78 is 0. The molecule has 0 aromatic heterocycles. The second-order valence-electron chi connectivity index (χ2n) is 5.88. The Hall–Kier alpha value is -1.55. The summed E-state index contributed by atoms with van der Waals surface area (Å²) in [7, 11) is 2.05. The van der Waals surface area contributed by atoms with E-state index in [1.807, 2.05) is 18.2 Å². The average molecular weight is 289 g/mol. The molecular weight excluding hydrogens is 262 g/mol. The molecule has 0 aliphatic carbocycles. The van der Waals surface area contributed by atoms with Gasteiger partial charge in [0.1, 0.15) is 0 Å². The van der Waals surface area contributed by atoms with Crippen LogP contribution in [0.25, 0.3) is 0 Å². The molecule has 1 fully saturated rings. The lowest BCUT2D eigenvalue weighted by Gasteiger charge is -2.28. The molecule has 1 heterocycles. The van der Waals surface area contributed by atoms with Crippen molar-refractivity contribution in [3.63, 3.8) is 0 Å². The molecule has 1 amide bonds. The van der Waals surface area contributed by atoms with E-state index in [9.17, 15) is 4.79 Å². The summed E-state index contributed by atoms with van der Waals surface area (Å²) in [5, 5.41) is 6.52. The predicted molar refractivity (Wildman–Crippen MR) is 87.6 cm³/mol. The molecule has 0 saturated carbocycles. The molecule has 4 heteroatoms. The van der Waals surface area contributed by atoms with Crippen molar-refractivity contribution in [3.05, 3.63) is 30.3 Å². The number of anilines is 1. The lowest BCUT2D eigenvalue weighted by atomic mass is 9.91. The molecule has 0 radical (unpaired) electrons. The fourth-order valence-electron chi connectivity index (χ4n) is 3.07. The number of rotatable bonds is 7. The minimum atomic E-state index is -0.319. The number of para-hydroxylation sites is 1. The van der Waals surface area contributed by atoms with E-state index in [1.54, 1.807) is 0 Å². The van der Waals surface area contributed by atoms with Crippen LogP contribution in [-0.4, -0.2) is 38.1 Å². The number of hydrogen-bond acceptors (Lipinski definition) is 3. The minimum absolute atomic E-state index is 0.170. The fourth-order valence-corrected chi connectivity index (χ4v) is 3.07. The fraction of sp³-hybridized carbons (Fsp3) is 0.588.